The third-order valence-corrected chi connectivity index (χ3v) is 6.97. The lowest BCUT2D eigenvalue weighted by molar-refractivity contribution is -0.142. The van der Waals surface area contributed by atoms with Crippen LogP contribution in [0.15, 0.2) is 73.3 Å². The van der Waals surface area contributed by atoms with Crippen molar-refractivity contribution in [2.24, 2.45) is 5.73 Å². The third kappa shape index (κ3) is 8.51. The van der Waals surface area contributed by atoms with Gasteiger partial charge < -0.3 is 41.9 Å². The number of para-hydroxylation sites is 1. The number of H-pyrrole nitrogens is 2. The predicted molar refractivity (Wildman–Crippen MR) is 158 cm³/mol. The van der Waals surface area contributed by atoms with E-state index in [-0.39, 0.29) is 19.3 Å². The van der Waals surface area contributed by atoms with Gasteiger partial charge in [-0.1, -0.05) is 48.5 Å². The van der Waals surface area contributed by atoms with Crippen molar-refractivity contribution < 1.29 is 34.2 Å². The van der Waals surface area contributed by atoms with Crippen molar-refractivity contribution in [3.8, 4) is 0 Å². The molecule has 4 rings (SSSR count). The number of nitrogens with two attached hydrogens (primary N) is 1. The molecule has 230 valence electrons. The van der Waals surface area contributed by atoms with Gasteiger partial charge in [-0.25, -0.2) is 9.78 Å². The first-order valence-electron chi connectivity index (χ1n) is 13.8. The van der Waals surface area contributed by atoms with E-state index >= 15 is 0 Å². The van der Waals surface area contributed by atoms with Crippen LogP contribution in [0, 0.1) is 0 Å². The summed E-state index contributed by atoms with van der Waals surface area (Å²) in [6.45, 7) is 0. The van der Waals surface area contributed by atoms with E-state index in [2.05, 4.69) is 30.9 Å². The van der Waals surface area contributed by atoms with Crippen molar-refractivity contribution in [3.63, 3.8) is 0 Å². The van der Waals surface area contributed by atoms with Gasteiger partial charge in [0.05, 0.1) is 18.8 Å². The van der Waals surface area contributed by atoms with Crippen LogP contribution >= 0.6 is 0 Å². The number of hydrogen-bond acceptors (Lipinski definition) is 7. The molecule has 4 unspecified atom stereocenters. The fraction of sp³-hybridized carbons (Fsp3) is 0.267. The number of carboxylic acids is 2. The molecule has 4 aromatic rings. The molecule has 44 heavy (non-hydrogen) atoms. The second-order valence-corrected chi connectivity index (χ2v) is 10.3. The minimum atomic E-state index is -1.41. The number of rotatable bonds is 15. The lowest BCUT2D eigenvalue weighted by atomic mass is 10.0. The average Bonchev–Trinajstić information content (AvgIpc) is 3.66. The van der Waals surface area contributed by atoms with Crippen LogP contribution in [0.5, 0.6) is 0 Å². The number of amides is 3. The Morgan fingerprint density at radius 2 is 1.41 bits per heavy atom. The van der Waals surface area contributed by atoms with Gasteiger partial charge in [0.15, 0.2) is 0 Å². The number of carboxylic acid groups (broad SMARTS) is 2. The monoisotopic (exact) mass is 603 g/mol. The molecule has 4 atom stereocenters. The summed E-state index contributed by atoms with van der Waals surface area (Å²) in [4.78, 5) is 73.0. The van der Waals surface area contributed by atoms with Crippen molar-refractivity contribution in [3.05, 3.63) is 90.1 Å². The van der Waals surface area contributed by atoms with Crippen LogP contribution < -0.4 is 21.7 Å². The van der Waals surface area contributed by atoms with Gasteiger partial charge in [-0.05, 0) is 17.2 Å². The summed E-state index contributed by atoms with van der Waals surface area (Å²) < 4.78 is 0. The Morgan fingerprint density at radius 3 is 2.07 bits per heavy atom. The first-order valence-corrected chi connectivity index (χ1v) is 13.8. The maximum atomic E-state index is 13.7. The Balaban J connectivity index is 1.60. The van der Waals surface area contributed by atoms with E-state index in [1.807, 2.05) is 24.3 Å². The van der Waals surface area contributed by atoms with Crippen molar-refractivity contribution in [2.75, 3.05) is 0 Å². The lowest BCUT2D eigenvalue weighted by Crippen LogP contribution is -2.58. The largest absolute Gasteiger partial charge is 0.481 e. The molecule has 0 aliphatic carbocycles. The van der Waals surface area contributed by atoms with E-state index < -0.39 is 60.2 Å². The summed E-state index contributed by atoms with van der Waals surface area (Å²) in [5.41, 5.74) is 8.40. The molecule has 0 aliphatic rings. The Labute approximate surface area is 251 Å². The second kappa shape index (κ2) is 14.6. The highest BCUT2D eigenvalue weighted by Gasteiger charge is 2.31. The Bertz CT molecular complexity index is 1600. The Morgan fingerprint density at radius 1 is 0.773 bits per heavy atom. The van der Waals surface area contributed by atoms with Gasteiger partial charge in [0.1, 0.15) is 18.1 Å². The van der Waals surface area contributed by atoms with Gasteiger partial charge in [-0.3, -0.25) is 19.2 Å². The minimum absolute atomic E-state index is 0.0111. The summed E-state index contributed by atoms with van der Waals surface area (Å²) in [7, 11) is 0. The number of aromatic amines is 2. The molecular weight excluding hydrogens is 570 g/mol. The van der Waals surface area contributed by atoms with E-state index in [4.69, 9.17) is 10.8 Å². The summed E-state index contributed by atoms with van der Waals surface area (Å²) in [6.07, 6.45) is 3.80. The van der Waals surface area contributed by atoms with Crippen molar-refractivity contribution in [1.29, 1.82) is 0 Å². The average molecular weight is 604 g/mol. The zero-order valence-electron chi connectivity index (χ0n) is 23.5. The molecule has 3 amide bonds. The van der Waals surface area contributed by atoms with Crippen molar-refractivity contribution in [1.82, 2.24) is 30.9 Å². The number of hydrogen-bond donors (Lipinski definition) is 8. The molecule has 14 heteroatoms. The number of carbonyl (C=O) groups is 5. The number of nitrogens with one attached hydrogen (secondary N) is 5. The van der Waals surface area contributed by atoms with Crippen molar-refractivity contribution >= 4 is 40.6 Å². The Hall–Kier alpha value is -5.50. The van der Waals surface area contributed by atoms with Gasteiger partial charge in [-0.2, -0.15) is 0 Å². The molecule has 2 aromatic carbocycles. The molecule has 2 heterocycles. The number of carbonyl (C=O) groups excluding carboxylic acids is 3. The third-order valence-electron chi connectivity index (χ3n) is 6.97. The van der Waals surface area contributed by atoms with Crippen LogP contribution in [-0.4, -0.2) is 79.0 Å². The van der Waals surface area contributed by atoms with E-state index in [1.165, 1.54) is 12.5 Å². The topological polar surface area (TPSA) is 232 Å². The van der Waals surface area contributed by atoms with Crippen molar-refractivity contribution in [2.45, 2.75) is 49.9 Å². The predicted octanol–water partition coefficient (Wildman–Crippen LogP) is 0.260. The quantitative estimate of drug-likeness (QED) is 0.0929. The first-order chi connectivity index (χ1) is 21.1. The zero-order valence-corrected chi connectivity index (χ0v) is 23.5. The van der Waals surface area contributed by atoms with Gasteiger partial charge in [0.25, 0.3) is 0 Å². The number of fused-ring (bicyclic) bond motifs is 1. The molecule has 14 nitrogen and oxygen atoms in total. The highest BCUT2D eigenvalue weighted by atomic mass is 16.4. The van der Waals surface area contributed by atoms with Crippen LogP contribution in [0.3, 0.4) is 0 Å². The van der Waals surface area contributed by atoms with E-state index in [0.29, 0.717) is 16.8 Å². The standard InChI is InChI=1S/C30H33N7O7/c31-21(13-26(38)39)27(40)35-23(10-17-6-2-1-3-7-17)28(41)36-24(11-18-14-33-22-9-5-4-8-20(18)22)29(42)37-25(30(43)44)12-19-15-32-16-34-19/h1-9,14-16,21,23-25,33H,10-13,31H2,(H,32,34)(H,35,40)(H,36,41)(H,37,42)(H,38,39)(H,43,44). The molecule has 0 radical (unpaired) electrons. The molecule has 0 aliphatic heterocycles. The summed E-state index contributed by atoms with van der Waals surface area (Å²) in [6, 6.07) is 10.9. The molecule has 0 saturated heterocycles. The van der Waals surface area contributed by atoms with Gasteiger partial charge >= 0.3 is 11.9 Å². The maximum Gasteiger partial charge on any atom is 0.326 e. The SMILES string of the molecule is NC(CC(=O)O)C(=O)NC(Cc1ccccc1)C(=O)NC(Cc1c[nH]c2ccccc12)C(=O)NC(Cc1cnc[nH]1)C(=O)O. The lowest BCUT2D eigenvalue weighted by Gasteiger charge is -2.25. The first kappa shape index (κ1) is 31.4. The highest BCUT2D eigenvalue weighted by molar-refractivity contribution is 5.95. The van der Waals surface area contributed by atoms with Crippen LogP contribution in [-0.2, 0) is 43.2 Å². The fourth-order valence-corrected chi connectivity index (χ4v) is 4.71. The van der Waals surface area contributed by atoms with Crippen LogP contribution in [0.1, 0.15) is 23.2 Å². The highest BCUT2D eigenvalue weighted by Crippen LogP contribution is 2.19. The van der Waals surface area contributed by atoms with E-state index in [9.17, 15) is 29.1 Å². The van der Waals surface area contributed by atoms with Crippen LogP contribution in [0.4, 0.5) is 0 Å². The van der Waals surface area contributed by atoms with Gasteiger partial charge in [0.2, 0.25) is 17.7 Å². The Kier molecular flexibility index (Phi) is 10.4. The maximum absolute atomic E-state index is 13.7. The number of imidazole rings is 1. The molecule has 0 saturated carbocycles. The van der Waals surface area contributed by atoms with Gasteiger partial charge in [0, 0.05) is 48.3 Å². The molecule has 0 fully saturated rings. The van der Waals surface area contributed by atoms with E-state index in [0.717, 1.165) is 10.9 Å². The van der Waals surface area contributed by atoms with E-state index in [1.54, 1.807) is 36.5 Å². The second-order valence-electron chi connectivity index (χ2n) is 10.3. The minimum Gasteiger partial charge on any atom is -0.481 e. The summed E-state index contributed by atoms with van der Waals surface area (Å²) in [5.74, 6) is -4.93. The molecule has 2 aromatic heterocycles. The summed E-state index contributed by atoms with van der Waals surface area (Å²) in [5, 5.41) is 27.4. The molecule has 0 spiro atoms. The summed E-state index contributed by atoms with van der Waals surface area (Å²) >= 11 is 0. The number of benzene rings is 2. The van der Waals surface area contributed by atoms with Gasteiger partial charge in [-0.15, -0.1) is 0 Å². The zero-order chi connectivity index (χ0) is 31.6. The molecule has 0 bridgehead atoms. The number of nitrogens with zero attached hydrogens (tertiary/aromatic N) is 1. The van der Waals surface area contributed by atoms with Crippen LogP contribution in [0.2, 0.25) is 0 Å². The molecular formula is C30H33N7O7. The fourth-order valence-electron chi connectivity index (χ4n) is 4.71. The smallest absolute Gasteiger partial charge is 0.326 e. The molecule has 9 N–H and O–H groups in total. The number of aliphatic carboxylic acids is 2. The van der Waals surface area contributed by atoms with Crippen LogP contribution in [0.25, 0.3) is 10.9 Å². The number of aromatic nitrogens is 3. The normalized spacial score (nSPS) is 13.8.